The molecule has 2 nitrogen and oxygen atoms in total. The summed E-state index contributed by atoms with van der Waals surface area (Å²) in [5, 5.41) is 10.4. The normalized spacial score (nSPS) is 25.5. The molecule has 0 spiro atoms. The number of nitrogens with two attached hydrogens (primary N) is 1. The van der Waals surface area contributed by atoms with E-state index in [4.69, 9.17) is 5.73 Å². The molecule has 3 rings (SSSR count). The van der Waals surface area contributed by atoms with Crippen molar-refractivity contribution >= 4 is 0 Å². The van der Waals surface area contributed by atoms with Crippen molar-refractivity contribution in [2.45, 2.75) is 56.1 Å². The molecule has 0 atom stereocenters. The average molecular weight is 231 g/mol. The summed E-state index contributed by atoms with van der Waals surface area (Å²) in [4.78, 5) is 0. The van der Waals surface area contributed by atoms with Gasteiger partial charge in [-0.2, -0.15) is 0 Å². The summed E-state index contributed by atoms with van der Waals surface area (Å²) >= 11 is 0. The van der Waals surface area contributed by atoms with E-state index in [0.29, 0.717) is 0 Å². The molecule has 0 radical (unpaired) electrons. The fourth-order valence-electron chi connectivity index (χ4n) is 3.16. The maximum absolute atomic E-state index is 10.4. The molecule has 92 valence electrons. The van der Waals surface area contributed by atoms with Crippen LogP contribution in [0, 0.1) is 0 Å². The highest BCUT2D eigenvalue weighted by Crippen LogP contribution is 2.49. The van der Waals surface area contributed by atoms with Gasteiger partial charge in [-0.05, 0) is 36.8 Å². The van der Waals surface area contributed by atoms with Crippen molar-refractivity contribution in [2.24, 2.45) is 5.73 Å². The summed E-state index contributed by atoms with van der Waals surface area (Å²) in [5.74, 6) is 0. The third-order valence-electron chi connectivity index (χ3n) is 4.43. The lowest BCUT2D eigenvalue weighted by Crippen LogP contribution is -2.40. The highest BCUT2D eigenvalue weighted by molar-refractivity contribution is 5.40. The Morgan fingerprint density at radius 2 is 1.47 bits per heavy atom. The third kappa shape index (κ3) is 1.90. The van der Waals surface area contributed by atoms with Gasteiger partial charge in [0.05, 0.1) is 5.60 Å². The van der Waals surface area contributed by atoms with E-state index in [2.05, 4.69) is 12.1 Å². The molecule has 0 aliphatic heterocycles. The van der Waals surface area contributed by atoms with Crippen LogP contribution in [0.3, 0.4) is 0 Å². The second-order valence-electron chi connectivity index (χ2n) is 5.79. The van der Waals surface area contributed by atoms with Crippen LogP contribution in [0.1, 0.15) is 56.1 Å². The van der Waals surface area contributed by atoms with E-state index in [0.717, 1.165) is 31.2 Å². The summed E-state index contributed by atoms with van der Waals surface area (Å²) < 4.78 is 0. The molecule has 0 amide bonds. The average Bonchev–Trinajstić information content (AvgIpc) is 3.10. The van der Waals surface area contributed by atoms with Crippen molar-refractivity contribution < 1.29 is 5.11 Å². The predicted molar refractivity (Wildman–Crippen MR) is 68.5 cm³/mol. The smallest absolute Gasteiger partial charge is 0.0902 e. The number of benzene rings is 1. The van der Waals surface area contributed by atoms with Gasteiger partial charge in [0.15, 0.2) is 0 Å². The van der Waals surface area contributed by atoms with Crippen LogP contribution < -0.4 is 5.73 Å². The van der Waals surface area contributed by atoms with Gasteiger partial charge in [-0.3, -0.25) is 0 Å². The molecule has 2 saturated carbocycles. The minimum Gasteiger partial charge on any atom is -0.385 e. The lowest BCUT2D eigenvalue weighted by atomic mass is 9.75. The number of rotatable bonds is 2. The van der Waals surface area contributed by atoms with Crippen LogP contribution in [-0.2, 0) is 11.1 Å². The van der Waals surface area contributed by atoms with Gasteiger partial charge >= 0.3 is 0 Å². The first-order valence-corrected chi connectivity index (χ1v) is 6.75. The SMILES string of the molecule is NC1(c2ccccc2C2(O)CC2)CCCCC1. The lowest BCUT2D eigenvalue weighted by Gasteiger charge is -2.36. The Labute approximate surface area is 103 Å². The fourth-order valence-corrected chi connectivity index (χ4v) is 3.16. The Morgan fingerprint density at radius 3 is 2.06 bits per heavy atom. The Balaban J connectivity index is 2.01. The van der Waals surface area contributed by atoms with Gasteiger partial charge in [-0.1, -0.05) is 43.5 Å². The van der Waals surface area contributed by atoms with Gasteiger partial charge < -0.3 is 10.8 Å². The molecule has 0 saturated heterocycles. The second kappa shape index (κ2) is 3.82. The zero-order valence-corrected chi connectivity index (χ0v) is 10.3. The molecule has 1 aromatic rings. The minimum absolute atomic E-state index is 0.201. The van der Waals surface area contributed by atoms with Crippen LogP contribution in [0.15, 0.2) is 24.3 Å². The van der Waals surface area contributed by atoms with Crippen LogP contribution in [0.4, 0.5) is 0 Å². The zero-order chi connectivity index (χ0) is 11.9. The molecular formula is C15H21NO. The second-order valence-corrected chi connectivity index (χ2v) is 5.79. The van der Waals surface area contributed by atoms with E-state index in [1.807, 2.05) is 12.1 Å². The van der Waals surface area contributed by atoms with Crippen LogP contribution in [0.25, 0.3) is 0 Å². The first kappa shape index (κ1) is 11.2. The number of aliphatic hydroxyl groups is 1. The van der Waals surface area contributed by atoms with Crippen LogP contribution in [0.5, 0.6) is 0 Å². The Kier molecular flexibility index (Phi) is 2.53. The lowest BCUT2D eigenvalue weighted by molar-refractivity contribution is 0.146. The Hall–Kier alpha value is -0.860. The van der Waals surface area contributed by atoms with Gasteiger partial charge in [-0.15, -0.1) is 0 Å². The van der Waals surface area contributed by atoms with Crippen LogP contribution in [0.2, 0.25) is 0 Å². The van der Waals surface area contributed by atoms with Gasteiger partial charge in [0.25, 0.3) is 0 Å². The standard InChI is InChI=1S/C15H21NO/c16-14(8-4-1-5-9-14)12-6-2-3-7-13(12)15(17)10-11-15/h2-3,6-7,17H,1,4-5,8-11,16H2. The monoisotopic (exact) mass is 231 g/mol. The predicted octanol–water partition coefficient (Wildman–Crippen LogP) is 2.79. The maximum Gasteiger partial charge on any atom is 0.0902 e. The van der Waals surface area contributed by atoms with Crippen molar-refractivity contribution in [1.82, 2.24) is 0 Å². The highest BCUT2D eigenvalue weighted by atomic mass is 16.3. The van der Waals surface area contributed by atoms with Crippen molar-refractivity contribution in [3.8, 4) is 0 Å². The molecule has 2 aliphatic rings. The van der Waals surface area contributed by atoms with Gasteiger partial charge in [-0.25, -0.2) is 0 Å². The van der Waals surface area contributed by atoms with Crippen molar-refractivity contribution in [1.29, 1.82) is 0 Å². The van der Waals surface area contributed by atoms with Crippen molar-refractivity contribution in [3.05, 3.63) is 35.4 Å². The number of hydrogen-bond donors (Lipinski definition) is 2. The first-order chi connectivity index (χ1) is 8.14. The van der Waals surface area contributed by atoms with Crippen molar-refractivity contribution in [3.63, 3.8) is 0 Å². The molecular weight excluding hydrogens is 210 g/mol. The minimum atomic E-state index is -0.569. The molecule has 17 heavy (non-hydrogen) atoms. The maximum atomic E-state index is 10.4. The van der Waals surface area contributed by atoms with Gasteiger partial charge in [0, 0.05) is 5.54 Å². The summed E-state index contributed by atoms with van der Waals surface area (Å²) in [6, 6.07) is 8.25. The molecule has 2 fully saturated rings. The fraction of sp³-hybridized carbons (Fsp3) is 0.600. The van der Waals surface area contributed by atoms with E-state index in [1.54, 1.807) is 0 Å². The Bertz CT molecular complexity index is 417. The summed E-state index contributed by atoms with van der Waals surface area (Å²) in [7, 11) is 0. The zero-order valence-electron chi connectivity index (χ0n) is 10.3. The van der Waals surface area contributed by atoms with E-state index in [-0.39, 0.29) is 5.54 Å². The molecule has 0 bridgehead atoms. The first-order valence-electron chi connectivity index (χ1n) is 6.75. The van der Waals surface area contributed by atoms with E-state index < -0.39 is 5.60 Å². The third-order valence-corrected chi connectivity index (χ3v) is 4.43. The largest absolute Gasteiger partial charge is 0.385 e. The highest BCUT2D eigenvalue weighted by Gasteiger charge is 2.46. The molecule has 0 aromatic heterocycles. The van der Waals surface area contributed by atoms with Gasteiger partial charge in [0.1, 0.15) is 0 Å². The van der Waals surface area contributed by atoms with Crippen molar-refractivity contribution in [2.75, 3.05) is 0 Å². The molecule has 1 aromatic carbocycles. The molecule has 2 aliphatic carbocycles. The summed E-state index contributed by atoms with van der Waals surface area (Å²) in [6.45, 7) is 0. The topological polar surface area (TPSA) is 46.2 Å². The van der Waals surface area contributed by atoms with Crippen LogP contribution in [-0.4, -0.2) is 5.11 Å². The molecule has 0 heterocycles. The summed E-state index contributed by atoms with van der Waals surface area (Å²) in [6.07, 6.45) is 7.61. The quantitative estimate of drug-likeness (QED) is 0.822. The number of hydrogen-bond acceptors (Lipinski definition) is 2. The van der Waals surface area contributed by atoms with E-state index >= 15 is 0 Å². The Morgan fingerprint density at radius 1 is 0.882 bits per heavy atom. The van der Waals surface area contributed by atoms with E-state index in [9.17, 15) is 5.11 Å². The van der Waals surface area contributed by atoms with Gasteiger partial charge in [0.2, 0.25) is 0 Å². The van der Waals surface area contributed by atoms with Crippen LogP contribution >= 0.6 is 0 Å². The molecule has 0 unspecified atom stereocenters. The summed E-state index contributed by atoms with van der Waals surface area (Å²) in [5.41, 5.74) is 8.11. The van der Waals surface area contributed by atoms with E-state index in [1.165, 1.54) is 24.8 Å². The molecule has 2 heteroatoms. The molecule has 3 N–H and O–H groups in total.